The Labute approximate surface area is 114 Å². The second-order valence-corrected chi connectivity index (χ2v) is 5.83. The third kappa shape index (κ3) is 2.28. The summed E-state index contributed by atoms with van der Waals surface area (Å²) in [6.45, 7) is 0. The first-order chi connectivity index (χ1) is 9.54. The van der Waals surface area contributed by atoms with Gasteiger partial charge in [0.2, 0.25) is 0 Å². The predicted molar refractivity (Wildman–Crippen MR) is 73.5 cm³/mol. The van der Waals surface area contributed by atoms with Crippen molar-refractivity contribution in [2.75, 3.05) is 10.5 Å². The van der Waals surface area contributed by atoms with Crippen molar-refractivity contribution in [1.29, 1.82) is 0 Å². The highest BCUT2D eigenvalue weighted by molar-refractivity contribution is 7.92. The smallest absolute Gasteiger partial charge is 0.261 e. The van der Waals surface area contributed by atoms with Crippen molar-refractivity contribution in [3.63, 3.8) is 0 Å². The normalized spacial score (nSPS) is 11.6. The van der Waals surface area contributed by atoms with Crippen LogP contribution in [0.5, 0.6) is 0 Å². The molecule has 7 nitrogen and oxygen atoms in total. The van der Waals surface area contributed by atoms with E-state index in [9.17, 15) is 8.42 Å². The average molecular weight is 290 g/mol. The molecular formula is C12H10N4O3S. The van der Waals surface area contributed by atoms with E-state index in [0.29, 0.717) is 22.4 Å². The molecule has 3 N–H and O–H groups in total. The molecule has 1 aromatic heterocycles. The van der Waals surface area contributed by atoms with Crippen molar-refractivity contribution in [1.82, 2.24) is 10.3 Å². The summed E-state index contributed by atoms with van der Waals surface area (Å²) in [5.41, 5.74) is 7.36. The van der Waals surface area contributed by atoms with Crippen molar-refractivity contribution < 1.29 is 13.0 Å². The summed E-state index contributed by atoms with van der Waals surface area (Å²) in [4.78, 5) is 0.0934. The molecule has 0 saturated carbocycles. The van der Waals surface area contributed by atoms with Gasteiger partial charge in [-0.05, 0) is 46.7 Å². The maximum absolute atomic E-state index is 12.2. The number of nitrogens with zero attached hydrogens (tertiary/aromatic N) is 2. The zero-order valence-corrected chi connectivity index (χ0v) is 11.0. The fraction of sp³-hybridized carbons (Fsp3) is 0. The number of benzene rings is 2. The minimum Gasteiger partial charge on any atom is -0.399 e. The van der Waals surface area contributed by atoms with Gasteiger partial charge in [0, 0.05) is 5.69 Å². The van der Waals surface area contributed by atoms with Crippen LogP contribution in [0.25, 0.3) is 11.0 Å². The summed E-state index contributed by atoms with van der Waals surface area (Å²) in [5.74, 6) is 0. The lowest BCUT2D eigenvalue weighted by molar-refractivity contribution is 0.315. The molecule has 8 heteroatoms. The average Bonchev–Trinajstić information content (AvgIpc) is 2.85. The Morgan fingerprint density at radius 1 is 1.05 bits per heavy atom. The van der Waals surface area contributed by atoms with Gasteiger partial charge >= 0.3 is 0 Å². The number of sulfonamides is 1. The molecule has 2 aromatic carbocycles. The molecule has 0 aliphatic heterocycles. The van der Waals surface area contributed by atoms with Crippen molar-refractivity contribution in [2.45, 2.75) is 4.90 Å². The molecule has 3 aromatic rings. The number of fused-ring (bicyclic) bond motifs is 1. The van der Waals surface area contributed by atoms with Crippen LogP contribution in [0.4, 0.5) is 11.4 Å². The van der Waals surface area contributed by atoms with E-state index in [2.05, 4.69) is 19.7 Å². The zero-order valence-electron chi connectivity index (χ0n) is 10.1. The van der Waals surface area contributed by atoms with Crippen molar-refractivity contribution in [3.05, 3.63) is 42.5 Å². The Morgan fingerprint density at radius 3 is 2.65 bits per heavy atom. The standard InChI is InChI=1S/C12H10N4O3S/c13-8-2-1-3-10(6-8)20(17,18)16-9-4-5-11-12(7-9)15-19-14-11/h1-7,16H,13H2. The largest absolute Gasteiger partial charge is 0.399 e. The number of nitrogen functional groups attached to an aromatic ring is 1. The maximum Gasteiger partial charge on any atom is 0.261 e. The molecule has 102 valence electrons. The van der Waals surface area contributed by atoms with Gasteiger partial charge in [-0.25, -0.2) is 13.0 Å². The lowest BCUT2D eigenvalue weighted by atomic mass is 10.3. The van der Waals surface area contributed by atoms with Crippen molar-refractivity contribution in [3.8, 4) is 0 Å². The number of nitrogens with two attached hydrogens (primary N) is 1. The predicted octanol–water partition coefficient (Wildman–Crippen LogP) is 1.61. The lowest BCUT2D eigenvalue weighted by Gasteiger charge is -2.08. The number of rotatable bonds is 3. The highest BCUT2D eigenvalue weighted by Gasteiger charge is 2.15. The first-order valence-electron chi connectivity index (χ1n) is 5.65. The first-order valence-corrected chi connectivity index (χ1v) is 7.14. The molecule has 0 aliphatic carbocycles. The second-order valence-electron chi connectivity index (χ2n) is 4.15. The topological polar surface area (TPSA) is 111 Å². The summed E-state index contributed by atoms with van der Waals surface area (Å²) >= 11 is 0. The van der Waals surface area contributed by atoms with Gasteiger partial charge in [0.05, 0.1) is 10.6 Å². The molecule has 0 radical (unpaired) electrons. The van der Waals surface area contributed by atoms with Gasteiger partial charge in [0.15, 0.2) is 0 Å². The van der Waals surface area contributed by atoms with Gasteiger partial charge in [0.25, 0.3) is 10.0 Å². The molecule has 0 unspecified atom stereocenters. The van der Waals surface area contributed by atoms with E-state index in [1.165, 1.54) is 18.2 Å². The highest BCUT2D eigenvalue weighted by Crippen LogP contribution is 2.20. The molecular weight excluding hydrogens is 280 g/mol. The third-order valence-corrected chi connectivity index (χ3v) is 4.05. The molecule has 0 atom stereocenters. The monoisotopic (exact) mass is 290 g/mol. The number of nitrogens with one attached hydrogen (secondary N) is 1. The number of aromatic nitrogens is 2. The number of hydrogen-bond acceptors (Lipinski definition) is 6. The van der Waals surface area contributed by atoms with Gasteiger partial charge in [-0.3, -0.25) is 4.72 Å². The Bertz CT molecular complexity index is 873. The zero-order chi connectivity index (χ0) is 14.2. The summed E-state index contributed by atoms with van der Waals surface area (Å²) in [7, 11) is -3.70. The van der Waals surface area contributed by atoms with Crippen LogP contribution in [0.3, 0.4) is 0 Å². The van der Waals surface area contributed by atoms with E-state index < -0.39 is 10.0 Å². The Balaban J connectivity index is 1.96. The molecule has 1 heterocycles. The molecule has 0 saturated heterocycles. The second kappa shape index (κ2) is 4.49. The van der Waals surface area contributed by atoms with Crippen LogP contribution in [0.2, 0.25) is 0 Å². The van der Waals surface area contributed by atoms with Gasteiger partial charge in [0.1, 0.15) is 11.0 Å². The van der Waals surface area contributed by atoms with Crippen LogP contribution in [-0.2, 0) is 10.0 Å². The van der Waals surface area contributed by atoms with Gasteiger partial charge in [-0.1, -0.05) is 6.07 Å². The van der Waals surface area contributed by atoms with E-state index in [1.807, 2.05) is 0 Å². The van der Waals surface area contributed by atoms with Crippen molar-refractivity contribution >= 4 is 32.4 Å². The molecule has 0 aliphatic rings. The summed E-state index contributed by atoms with van der Waals surface area (Å²) in [6.07, 6.45) is 0. The van der Waals surface area contributed by atoms with Gasteiger partial charge in [-0.2, -0.15) is 0 Å². The molecule has 0 bridgehead atoms. The highest BCUT2D eigenvalue weighted by atomic mass is 32.2. The minimum absolute atomic E-state index is 0.0934. The first kappa shape index (κ1) is 12.4. The number of anilines is 2. The Kier molecular flexibility index (Phi) is 2.79. The fourth-order valence-electron chi connectivity index (χ4n) is 1.74. The van der Waals surface area contributed by atoms with Crippen LogP contribution in [0.15, 0.2) is 52.0 Å². The van der Waals surface area contributed by atoms with Crippen LogP contribution in [0, 0.1) is 0 Å². The van der Waals surface area contributed by atoms with Crippen LogP contribution in [0.1, 0.15) is 0 Å². The third-order valence-electron chi connectivity index (χ3n) is 2.67. The molecule has 3 rings (SSSR count). The van der Waals surface area contributed by atoms with Crippen molar-refractivity contribution in [2.24, 2.45) is 0 Å². The number of hydrogen-bond donors (Lipinski definition) is 2. The Hall–Kier alpha value is -2.61. The quantitative estimate of drug-likeness (QED) is 0.709. The van der Waals surface area contributed by atoms with E-state index in [0.717, 1.165) is 0 Å². The Morgan fingerprint density at radius 2 is 1.85 bits per heavy atom. The summed E-state index contributed by atoms with van der Waals surface area (Å²) in [6, 6.07) is 10.8. The molecule has 0 amide bonds. The summed E-state index contributed by atoms with van der Waals surface area (Å²) in [5, 5.41) is 7.30. The van der Waals surface area contributed by atoms with E-state index >= 15 is 0 Å². The van der Waals surface area contributed by atoms with Crippen LogP contribution in [-0.4, -0.2) is 18.7 Å². The van der Waals surface area contributed by atoms with E-state index in [1.54, 1.807) is 24.3 Å². The van der Waals surface area contributed by atoms with E-state index in [4.69, 9.17) is 5.73 Å². The fourth-order valence-corrected chi connectivity index (χ4v) is 2.85. The van der Waals surface area contributed by atoms with Gasteiger partial charge < -0.3 is 5.73 Å². The summed E-state index contributed by atoms with van der Waals surface area (Å²) < 4.78 is 31.4. The van der Waals surface area contributed by atoms with E-state index in [-0.39, 0.29) is 4.90 Å². The molecule has 20 heavy (non-hydrogen) atoms. The SMILES string of the molecule is Nc1cccc(S(=O)(=O)Nc2ccc3nonc3c2)c1. The van der Waals surface area contributed by atoms with Crippen LogP contribution >= 0.6 is 0 Å². The molecule has 0 spiro atoms. The minimum atomic E-state index is -3.70. The lowest BCUT2D eigenvalue weighted by Crippen LogP contribution is -2.13. The maximum atomic E-state index is 12.2. The van der Waals surface area contributed by atoms with Gasteiger partial charge in [-0.15, -0.1) is 0 Å². The molecule has 0 fully saturated rings. The van der Waals surface area contributed by atoms with Crippen LogP contribution < -0.4 is 10.5 Å².